The topological polar surface area (TPSA) is 50.8 Å². The fourth-order valence-electron chi connectivity index (χ4n) is 3.68. The van der Waals surface area contributed by atoms with Crippen molar-refractivity contribution < 1.29 is 31.8 Å². The number of piperidine rings is 1. The van der Waals surface area contributed by atoms with E-state index in [0.29, 0.717) is 24.5 Å². The number of carbonyl (C=O) groups is 1. The normalized spacial score (nSPS) is 17.6. The van der Waals surface area contributed by atoms with Crippen LogP contribution < -0.4 is 10.1 Å². The van der Waals surface area contributed by atoms with Crippen molar-refractivity contribution >= 4 is 35.8 Å². The molecular formula is C22H24Cl2F4N2O3. The fraction of sp³-hybridized carbons (Fsp3) is 0.409. The lowest BCUT2D eigenvalue weighted by Crippen LogP contribution is -2.47. The minimum Gasteiger partial charge on any atom is -0.494 e. The van der Waals surface area contributed by atoms with Gasteiger partial charge in [0.1, 0.15) is 0 Å². The quantitative estimate of drug-likeness (QED) is 0.465. The summed E-state index contributed by atoms with van der Waals surface area (Å²) in [5, 5.41) is 2.70. The highest BCUT2D eigenvalue weighted by atomic mass is 35.5. The predicted octanol–water partition coefficient (Wildman–Crippen LogP) is 6.27. The molecule has 1 amide bonds. The van der Waals surface area contributed by atoms with E-state index in [9.17, 15) is 22.4 Å². The zero-order chi connectivity index (χ0) is 23.3. The van der Waals surface area contributed by atoms with Crippen molar-refractivity contribution in [3.63, 3.8) is 0 Å². The molecule has 1 N–H and O–H groups in total. The summed E-state index contributed by atoms with van der Waals surface area (Å²) in [6.07, 6.45) is -6.82. The molecule has 0 bridgehead atoms. The maximum atomic E-state index is 13.7. The first kappa shape index (κ1) is 27.0. The number of alkyl halides is 3. The van der Waals surface area contributed by atoms with Gasteiger partial charge in [-0.1, -0.05) is 17.7 Å². The Bertz CT molecular complexity index is 929. The number of methoxy groups -OCH3 is 1. The molecule has 33 heavy (non-hydrogen) atoms. The highest BCUT2D eigenvalue weighted by Crippen LogP contribution is 2.32. The third-order valence-electron chi connectivity index (χ3n) is 5.28. The van der Waals surface area contributed by atoms with Crippen molar-refractivity contribution in [3.8, 4) is 5.75 Å². The second kappa shape index (κ2) is 11.8. The Labute approximate surface area is 200 Å². The monoisotopic (exact) mass is 510 g/mol. The summed E-state index contributed by atoms with van der Waals surface area (Å²) in [7, 11) is 1.36. The molecule has 1 heterocycles. The summed E-state index contributed by atoms with van der Waals surface area (Å²) in [5.41, 5.74) is 1.06. The van der Waals surface area contributed by atoms with Gasteiger partial charge in [-0.15, -0.1) is 12.4 Å². The van der Waals surface area contributed by atoms with Gasteiger partial charge in [0.05, 0.1) is 7.11 Å². The molecule has 1 aliphatic rings. The zero-order valence-electron chi connectivity index (χ0n) is 17.7. The van der Waals surface area contributed by atoms with Crippen molar-refractivity contribution in [2.24, 2.45) is 0 Å². The lowest BCUT2D eigenvalue weighted by molar-refractivity contribution is -0.207. The van der Waals surface area contributed by atoms with Gasteiger partial charge in [-0.25, -0.2) is 9.18 Å². The van der Waals surface area contributed by atoms with Crippen LogP contribution in [0.25, 0.3) is 0 Å². The summed E-state index contributed by atoms with van der Waals surface area (Å²) in [6.45, 7) is 0.263. The minimum atomic E-state index is -4.73. The van der Waals surface area contributed by atoms with Crippen LogP contribution >= 0.6 is 24.0 Å². The number of anilines is 1. The van der Waals surface area contributed by atoms with Crippen molar-refractivity contribution in [1.82, 2.24) is 4.90 Å². The number of likely N-dealkylation sites (tertiary alicyclic amines) is 1. The molecule has 0 aromatic heterocycles. The van der Waals surface area contributed by atoms with Crippen LogP contribution in [-0.2, 0) is 4.74 Å². The third kappa shape index (κ3) is 7.65. The molecule has 2 atom stereocenters. The van der Waals surface area contributed by atoms with Gasteiger partial charge in [0, 0.05) is 23.8 Å². The maximum Gasteiger partial charge on any atom is 0.426 e. The van der Waals surface area contributed by atoms with Gasteiger partial charge >= 0.3 is 12.3 Å². The first-order chi connectivity index (χ1) is 15.2. The van der Waals surface area contributed by atoms with Gasteiger partial charge in [-0.05, 0) is 67.3 Å². The highest BCUT2D eigenvalue weighted by Gasteiger charge is 2.44. The number of amides is 1. The maximum absolute atomic E-state index is 13.7. The average molecular weight is 511 g/mol. The van der Waals surface area contributed by atoms with Crippen LogP contribution in [0.2, 0.25) is 5.02 Å². The van der Waals surface area contributed by atoms with Crippen LogP contribution in [0, 0.1) is 5.82 Å². The molecule has 11 heteroatoms. The summed E-state index contributed by atoms with van der Waals surface area (Å²) in [4.78, 5) is 13.7. The summed E-state index contributed by atoms with van der Waals surface area (Å²) < 4.78 is 64.2. The first-order valence-electron chi connectivity index (χ1n) is 10.0. The number of hydrogen-bond donors (Lipinski definition) is 1. The molecule has 1 saturated heterocycles. The molecule has 1 unspecified atom stereocenters. The van der Waals surface area contributed by atoms with Gasteiger partial charge in [-0.3, -0.25) is 10.2 Å². The van der Waals surface area contributed by atoms with Gasteiger partial charge in [0.15, 0.2) is 11.6 Å². The Kier molecular flexibility index (Phi) is 9.63. The SMILES string of the molecule is COc1cc(C2CCCN(C[C@H](OC(=O)Nc3ccc(Cl)cc3)C(F)(F)F)C2)ccc1F.Cl. The Hall–Kier alpha value is -2.23. The second-order valence-electron chi connectivity index (χ2n) is 7.56. The number of ether oxygens (including phenoxy) is 2. The number of carbonyl (C=O) groups excluding carboxylic acids is 1. The van der Waals surface area contributed by atoms with Crippen LogP contribution in [0.1, 0.15) is 24.3 Å². The number of hydrogen-bond acceptors (Lipinski definition) is 4. The second-order valence-corrected chi connectivity index (χ2v) is 8.00. The molecule has 3 rings (SSSR count). The molecule has 0 saturated carbocycles. The summed E-state index contributed by atoms with van der Waals surface area (Å²) in [6, 6.07) is 10.4. The first-order valence-corrected chi connectivity index (χ1v) is 10.4. The summed E-state index contributed by atoms with van der Waals surface area (Å²) >= 11 is 5.76. The fourth-order valence-corrected chi connectivity index (χ4v) is 3.80. The Morgan fingerprint density at radius 1 is 1.24 bits per heavy atom. The van der Waals surface area contributed by atoms with Crippen molar-refractivity contribution in [3.05, 3.63) is 58.9 Å². The van der Waals surface area contributed by atoms with Crippen LogP contribution in [0.4, 0.5) is 28.0 Å². The number of nitrogens with one attached hydrogen (secondary N) is 1. The van der Waals surface area contributed by atoms with Crippen LogP contribution in [0.5, 0.6) is 5.75 Å². The highest BCUT2D eigenvalue weighted by molar-refractivity contribution is 6.30. The molecule has 0 aliphatic carbocycles. The molecule has 1 fully saturated rings. The van der Waals surface area contributed by atoms with E-state index in [1.807, 2.05) is 0 Å². The van der Waals surface area contributed by atoms with E-state index < -0.39 is 30.7 Å². The number of benzene rings is 2. The van der Waals surface area contributed by atoms with Crippen LogP contribution in [0.15, 0.2) is 42.5 Å². The largest absolute Gasteiger partial charge is 0.494 e. The van der Waals surface area contributed by atoms with Crippen LogP contribution in [-0.4, -0.2) is 50.0 Å². The molecule has 5 nitrogen and oxygen atoms in total. The van der Waals surface area contributed by atoms with E-state index in [2.05, 4.69) is 5.32 Å². The predicted molar refractivity (Wildman–Crippen MR) is 120 cm³/mol. The molecule has 0 spiro atoms. The lowest BCUT2D eigenvalue weighted by Gasteiger charge is -2.35. The molecular weight excluding hydrogens is 487 g/mol. The van der Waals surface area contributed by atoms with E-state index in [-0.39, 0.29) is 29.8 Å². The average Bonchev–Trinajstić information content (AvgIpc) is 2.75. The van der Waals surface area contributed by atoms with Crippen LogP contribution in [0.3, 0.4) is 0 Å². The minimum absolute atomic E-state index is 0. The van der Waals surface area contributed by atoms with E-state index in [0.717, 1.165) is 12.0 Å². The van der Waals surface area contributed by atoms with E-state index in [1.54, 1.807) is 17.0 Å². The van der Waals surface area contributed by atoms with Gasteiger partial charge in [-0.2, -0.15) is 13.2 Å². The standard InChI is InChI=1S/C22H23ClF4N2O3.ClH/c1-31-19-11-14(4-9-18(19)24)15-3-2-10-29(12-15)13-20(22(25,26)27)32-21(30)28-17-7-5-16(23)6-8-17;/h4-9,11,15,20H,2-3,10,12-13H2,1H3,(H,28,30);1H/t15?,20-;/m0./s1. The van der Waals surface area contributed by atoms with Gasteiger partial charge < -0.3 is 9.47 Å². The summed E-state index contributed by atoms with van der Waals surface area (Å²) in [5.74, 6) is -0.494. The molecule has 1 aliphatic heterocycles. The third-order valence-corrected chi connectivity index (χ3v) is 5.53. The molecule has 0 radical (unpaired) electrons. The molecule has 2 aromatic rings. The smallest absolute Gasteiger partial charge is 0.426 e. The Balaban J connectivity index is 0.00000385. The molecule has 2 aromatic carbocycles. The number of nitrogens with zero attached hydrogens (tertiary/aromatic N) is 1. The van der Waals surface area contributed by atoms with Gasteiger partial charge in [0.25, 0.3) is 0 Å². The zero-order valence-corrected chi connectivity index (χ0v) is 19.3. The van der Waals surface area contributed by atoms with E-state index in [1.165, 1.54) is 37.4 Å². The Morgan fingerprint density at radius 2 is 1.94 bits per heavy atom. The van der Waals surface area contributed by atoms with E-state index >= 15 is 0 Å². The number of rotatable bonds is 6. The number of halogens is 6. The van der Waals surface area contributed by atoms with Crippen molar-refractivity contribution in [2.75, 3.05) is 32.1 Å². The molecule has 182 valence electrons. The van der Waals surface area contributed by atoms with E-state index in [4.69, 9.17) is 21.1 Å². The van der Waals surface area contributed by atoms with Gasteiger partial charge in [0.2, 0.25) is 6.10 Å². The van der Waals surface area contributed by atoms with Crippen molar-refractivity contribution in [1.29, 1.82) is 0 Å². The van der Waals surface area contributed by atoms with Crippen molar-refractivity contribution in [2.45, 2.75) is 31.0 Å². The Morgan fingerprint density at radius 3 is 2.58 bits per heavy atom. The lowest BCUT2D eigenvalue weighted by atomic mass is 9.90.